The van der Waals surface area contributed by atoms with E-state index in [1.165, 1.54) is 0 Å². The van der Waals surface area contributed by atoms with Gasteiger partial charge in [-0.05, 0) is 12.1 Å². The van der Waals surface area contributed by atoms with Crippen molar-refractivity contribution in [3.63, 3.8) is 0 Å². The van der Waals surface area contributed by atoms with Crippen molar-refractivity contribution >= 4 is 57.9 Å². The van der Waals surface area contributed by atoms with Crippen LogP contribution in [-0.4, -0.2) is 28.5 Å². The van der Waals surface area contributed by atoms with Crippen molar-refractivity contribution in [2.75, 3.05) is 6.26 Å². The molecule has 0 saturated heterocycles. The maximum Gasteiger partial charge on any atom is 0.264 e. The summed E-state index contributed by atoms with van der Waals surface area (Å²) in [5.41, 5.74) is -1.81. The number of benzene rings is 1. The fourth-order valence-electron chi connectivity index (χ4n) is 2.98. The van der Waals surface area contributed by atoms with Gasteiger partial charge in [0.1, 0.15) is 5.75 Å². The third-order valence-corrected chi connectivity index (χ3v) is 5.98. The fourth-order valence-corrected chi connectivity index (χ4v) is 5.28. The number of para-hydroxylation sites is 1. The van der Waals surface area contributed by atoms with Crippen LogP contribution in [0.3, 0.4) is 0 Å². The molecule has 1 fully saturated rings. The van der Waals surface area contributed by atoms with Gasteiger partial charge in [0.15, 0.2) is 13.8 Å². The van der Waals surface area contributed by atoms with Gasteiger partial charge in [-0.25, -0.2) is 0 Å². The zero-order valence-electron chi connectivity index (χ0n) is 13.2. The Balaban J connectivity index is 2.56. The fraction of sp³-hybridized carbons (Fsp3) is 0.533. The van der Waals surface area contributed by atoms with Crippen LogP contribution in [0.15, 0.2) is 30.3 Å². The number of nitrogens with zero attached hydrogens (tertiary/aromatic N) is 1. The van der Waals surface area contributed by atoms with Crippen LogP contribution in [0.5, 0.6) is 5.75 Å². The van der Waals surface area contributed by atoms with Crippen LogP contribution in [-0.2, 0) is 14.3 Å². The number of hydrogen-bond donors (Lipinski definition) is 0. The van der Waals surface area contributed by atoms with Crippen molar-refractivity contribution in [1.82, 2.24) is 0 Å². The van der Waals surface area contributed by atoms with Gasteiger partial charge in [-0.1, -0.05) is 79.8 Å². The first-order valence-corrected chi connectivity index (χ1v) is 11.1. The Morgan fingerprint density at radius 3 is 2.17 bits per heavy atom. The van der Waals surface area contributed by atoms with E-state index in [0.29, 0.717) is 5.75 Å². The Bertz CT molecular complexity index is 755. The van der Waals surface area contributed by atoms with E-state index in [-0.39, 0.29) is 0 Å². The van der Waals surface area contributed by atoms with Crippen molar-refractivity contribution in [2.45, 2.75) is 27.7 Å². The van der Waals surface area contributed by atoms with Gasteiger partial charge >= 0.3 is 0 Å². The minimum Gasteiger partial charge on any atom is -0.482 e. The van der Waals surface area contributed by atoms with Gasteiger partial charge in [-0.3, -0.25) is 4.18 Å². The summed E-state index contributed by atoms with van der Waals surface area (Å²) in [5, 5.41) is 9.59. The van der Waals surface area contributed by atoms with E-state index in [2.05, 4.69) is 53.9 Å². The molecule has 0 spiro atoms. The first kappa shape index (κ1) is 20.2. The Morgan fingerprint density at radius 2 is 1.79 bits per heavy atom. The molecule has 0 aliphatic heterocycles. The molecule has 0 heterocycles. The first-order chi connectivity index (χ1) is 10.9. The molecule has 0 aromatic heterocycles. The van der Waals surface area contributed by atoms with Gasteiger partial charge in [0.05, 0.1) is 18.2 Å². The molecular weight excluding hydrogens is 530 g/mol. The lowest BCUT2D eigenvalue weighted by molar-refractivity contribution is 0.0176. The van der Waals surface area contributed by atoms with Crippen LogP contribution in [0.25, 0.3) is 0 Å². The lowest BCUT2D eigenvalue weighted by Gasteiger charge is -2.35. The van der Waals surface area contributed by atoms with Crippen LogP contribution in [0, 0.1) is 22.7 Å². The summed E-state index contributed by atoms with van der Waals surface area (Å²) in [5.74, 6) is -0.0360. The summed E-state index contributed by atoms with van der Waals surface area (Å²) in [6.07, 6.45) is -0.0778. The lowest BCUT2D eigenvalue weighted by atomic mass is 10.0. The Morgan fingerprint density at radius 1 is 1.25 bits per heavy atom. The normalized spacial score (nSPS) is 27.1. The first-order valence-electron chi connectivity index (χ1n) is 6.95. The molecule has 1 aromatic carbocycles. The van der Waals surface area contributed by atoms with E-state index in [9.17, 15) is 13.7 Å². The van der Waals surface area contributed by atoms with Gasteiger partial charge in [0.25, 0.3) is 10.1 Å². The molecular formula is C15H16Br3NO4S. The largest absolute Gasteiger partial charge is 0.482 e. The summed E-state index contributed by atoms with van der Waals surface area (Å²) in [6.45, 7) is 3.70. The van der Waals surface area contributed by atoms with Gasteiger partial charge in [-0.2, -0.15) is 13.7 Å². The molecule has 9 heteroatoms. The molecule has 0 N–H and O–H groups in total. The van der Waals surface area contributed by atoms with E-state index in [0.717, 1.165) is 6.26 Å². The highest BCUT2D eigenvalue weighted by molar-refractivity contribution is 9.39. The molecule has 3 unspecified atom stereocenters. The van der Waals surface area contributed by atoms with Gasteiger partial charge in [0.2, 0.25) is 0 Å². The highest BCUT2D eigenvalue weighted by Gasteiger charge is 2.81. The minimum atomic E-state index is -3.80. The van der Waals surface area contributed by atoms with E-state index in [1.54, 1.807) is 24.3 Å². The number of nitriles is 1. The summed E-state index contributed by atoms with van der Waals surface area (Å²) in [7, 11) is -3.80. The van der Waals surface area contributed by atoms with Crippen molar-refractivity contribution in [1.29, 1.82) is 5.26 Å². The average molecular weight is 546 g/mol. The molecule has 5 nitrogen and oxygen atoms in total. The molecule has 1 aliphatic carbocycles. The molecule has 1 aromatic rings. The second-order valence-electron chi connectivity index (χ2n) is 6.21. The van der Waals surface area contributed by atoms with E-state index < -0.39 is 35.3 Å². The number of halogens is 3. The van der Waals surface area contributed by atoms with Crippen molar-refractivity contribution in [2.24, 2.45) is 11.3 Å². The van der Waals surface area contributed by atoms with Crippen LogP contribution in [0.2, 0.25) is 0 Å². The molecule has 24 heavy (non-hydrogen) atoms. The van der Waals surface area contributed by atoms with Crippen molar-refractivity contribution in [3.05, 3.63) is 30.3 Å². The molecule has 132 valence electrons. The summed E-state index contributed by atoms with van der Waals surface area (Å²) < 4.78 is 34.0. The smallest absolute Gasteiger partial charge is 0.264 e. The standard InChI is InChI=1S/C15H16Br3NO4S/c1-13(2)11(9-19)14(13,22-10-7-5-4-6-8-10)12(15(16,17)18)23-24(3,20)21/h4-8,11-12H,1-3H3. The summed E-state index contributed by atoms with van der Waals surface area (Å²) in [6, 6.07) is 11.2. The monoisotopic (exact) mass is 543 g/mol. The molecule has 0 radical (unpaired) electrons. The molecule has 0 amide bonds. The highest BCUT2D eigenvalue weighted by Crippen LogP contribution is 2.69. The topological polar surface area (TPSA) is 76.4 Å². The molecule has 2 rings (SSSR count). The van der Waals surface area contributed by atoms with E-state index >= 15 is 0 Å². The van der Waals surface area contributed by atoms with Crippen LogP contribution < -0.4 is 4.74 Å². The van der Waals surface area contributed by atoms with Gasteiger partial charge < -0.3 is 4.74 Å². The van der Waals surface area contributed by atoms with E-state index in [1.807, 2.05) is 19.9 Å². The second kappa shape index (κ2) is 6.54. The van der Waals surface area contributed by atoms with Gasteiger partial charge in [-0.15, -0.1) is 0 Å². The Labute approximate surface area is 167 Å². The second-order valence-corrected chi connectivity index (χ2v) is 14.8. The van der Waals surface area contributed by atoms with Gasteiger partial charge in [0, 0.05) is 5.41 Å². The minimum absolute atomic E-state index is 0.530. The molecule has 3 atom stereocenters. The van der Waals surface area contributed by atoms with Crippen molar-refractivity contribution in [3.8, 4) is 11.8 Å². The third kappa shape index (κ3) is 3.68. The maximum atomic E-state index is 11.8. The summed E-state index contributed by atoms with van der Waals surface area (Å²) in [4.78, 5) is 0. The van der Waals surface area contributed by atoms with Crippen LogP contribution in [0.4, 0.5) is 0 Å². The number of alkyl halides is 3. The Hall–Kier alpha value is -0.140. The lowest BCUT2D eigenvalue weighted by Crippen LogP contribution is -2.49. The summed E-state index contributed by atoms with van der Waals surface area (Å²) >= 11 is 10.0. The quantitative estimate of drug-likeness (QED) is 0.410. The van der Waals surface area contributed by atoms with Crippen molar-refractivity contribution < 1.29 is 17.3 Å². The van der Waals surface area contributed by atoms with Crippen LogP contribution >= 0.6 is 47.8 Å². The molecule has 1 aliphatic rings. The van der Waals surface area contributed by atoms with E-state index in [4.69, 9.17) is 8.92 Å². The predicted octanol–water partition coefficient (Wildman–Crippen LogP) is 4.17. The molecule has 1 saturated carbocycles. The third-order valence-electron chi connectivity index (χ3n) is 4.19. The number of rotatable bonds is 5. The highest BCUT2D eigenvalue weighted by atomic mass is 80.0. The zero-order chi connectivity index (χ0) is 18.4. The SMILES string of the molecule is CC1(C)C(C#N)C1(Oc1ccccc1)C(OS(C)(=O)=O)C(Br)(Br)Br. The average Bonchev–Trinajstić information content (AvgIpc) is 2.90. The maximum absolute atomic E-state index is 11.8. The molecule has 0 bridgehead atoms. The zero-order valence-corrected chi connectivity index (χ0v) is 18.7. The van der Waals surface area contributed by atoms with Crippen LogP contribution in [0.1, 0.15) is 13.8 Å². The Kier molecular flexibility index (Phi) is 5.50. The number of hydrogen-bond acceptors (Lipinski definition) is 5. The number of ether oxygens (including phenoxy) is 1. The predicted molar refractivity (Wildman–Crippen MR) is 102 cm³/mol.